The predicted molar refractivity (Wildman–Crippen MR) is 77.3 cm³/mol. The lowest BCUT2D eigenvalue weighted by Gasteiger charge is -2.10. The molecule has 5 nitrogen and oxygen atoms in total. The summed E-state index contributed by atoms with van der Waals surface area (Å²) in [5.41, 5.74) is -0.0921. The number of rotatable bonds is 6. The summed E-state index contributed by atoms with van der Waals surface area (Å²) in [6.45, 7) is 2.48. The number of carbonyl (C=O) groups excluding carboxylic acids is 1. The zero-order chi connectivity index (χ0) is 15.3. The smallest absolute Gasteiger partial charge is 0.252 e. The van der Waals surface area contributed by atoms with Crippen molar-refractivity contribution in [3.63, 3.8) is 0 Å². The van der Waals surface area contributed by atoms with Gasteiger partial charge in [0.1, 0.15) is 5.82 Å². The molecule has 0 saturated carbocycles. The molecule has 1 amide bonds. The Balaban J connectivity index is 3.01. The number of halogens is 2. The Morgan fingerprint density at radius 1 is 1.40 bits per heavy atom. The van der Waals surface area contributed by atoms with Gasteiger partial charge in [0.2, 0.25) is 10.0 Å². The van der Waals surface area contributed by atoms with Crippen molar-refractivity contribution in [1.82, 2.24) is 5.32 Å². The first kappa shape index (κ1) is 17.1. The molecular weight excluding hydrogens is 351 g/mol. The second kappa shape index (κ2) is 7.14. The Morgan fingerprint density at radius 3 is 2.60 bits per heavy atom. The van der Waals surface area contributed by atoms with Crippen molar-refractivity contribution in [3.8, 4) is 0 Å². The molecule has 1 aromatic rings. The largest absolute Gasteiger partial charge is 0.352 e. The van der Waals surface area contributed by atoms with Gasteiger partial charge in [-0.15, -0.1) is 0 Å². The van der Waals surface area contributed by atoms with E-state index in [0.29, 0.717) is 6.54 Å². The minimum Gasteiger partial charge on any atom is -0.352 e. The second-order valence-corrected chi connectivity index (χ2v) is 6.60. The first-order chi connectivity index (χ1) is 9.27. The van der Waals surface area contributed by atoms with Gasteiger partial charge < -0.3 is 5.32 Å². The molecule has 0 spiro atoms. The maximum atomic E-state index is 13.4. The van der Waals surface area contributed by atoms with E-state index in [9.17, 15) is 17.6 Å². The number of nitrogens with one attached hydrogen (secondary N) is 1. The van der Waals surface area contributed by atoms with Crippen LogP contribution < -0.4 is 10.5 Å². The first-order valence-corrected chi connectivity index (χ1v) is 8.41. The van der Waals surface area contributed by atoms with E-state index in [4.69, 9.17) is 5.14 Å². The van der Waals surface area contributed by atoms with Crippen molar-refractivity contribution in [1.29, 1.82) is 0 Å². The third-order valence-electron chi connectivity index (χ3n) is 2.62. The van der Waals surface area contributed by atoms with E-state index in [1.165, 1.54) is 0 Å². The zero-order valence-electron chi connectivity index (χ0n) is 10.9. The molecule has 0 aliphatic carbocycles. The molecule has 0 fully saturated rings. The van der Waals surface area contributed by atoms with Gasteiger partial charge in [-0.2, -0.15) is 0 Å². The molecule has 3 N–H and O–H groups in total. The number of hydrogen-bond acceptors (Lipinski definition) is 3. The van der Waals surface area contributed by atoms with Crippen LogP contribution in [0.2, 0.25) is 0 Å². The maximum absolute atomic E-state index is 13.4. The highest BCUT2D eigenvalue weighted by atomic mass is 79.9. The number of primary sulfonamides is 1. The summed E-state index contributed by atoms with van der Waals surface area (Å²) in [7, 11) is -4.11. The highest BCUT2D eigenvalue weighted by molar-refractivity contribution is 9.10. The molecule has 0 aromatic heterocycles. The molecule has 20 heavy (non-hydrogen) atoms. The van der Waals surface area contributed by atoms with Crippen molar-refractivity contribution in [2.45, 2.75) is 31.1 Å². The van der Waals surface area contributed by atoms with Crippen LogP contribution in [0.1, 0.15) is 36.5 Å². The molecule has 0 radical (unpaired) electrons. The fraction of sp³-hybridized carbons (Fsp3) is 0.417. The van der Waals surface area contributed by atoms with Gasteiger partial charge in [0.05, 0.1) is 14.9 Å². The summed E-state index contributed by atoms with van der Waals surface area (Å²) in [6, 6.07) is 1.74. The number of unbranched alkanes of at least 4 members (excludes halogenated alkanes) is 2. The van der Waals surface area contributed by atoms with E-state index in [2.05, 4.69) is 21.2 Å². The molecule has 0 saturated heterocycles. The first-order valence-electron chi connectivity index (χ1n) is 6.07. The van der Waals surface area contributed by atoms with Crippen LogP contribution in [0.15, 0.2) is 21.5 Å². The number of hydrogen-bond donors (Lipinski definition) is 2. The number of nitrogens with two attached hydrogens (primary N) is 1. The number of amides is 1. The van der Waals surface area contributed by atoms with E-state index >= 15 is 0 Å². The van der Waals surface area contributed by atoms with Crippen LogP contribution in [0.25, 0.3) is 0 Å². The summed E-state index contributed by atoms with van der Waals surface area (Å²) in [5, 5.41) is 7.59. The Morgan fingerprint density at radius 2 is 2.05 bits per heavy atom. The van der Waals surface area contributed by atoms with Crippen LogP contribution in [0, 0.1) is 5.82 Å². The maximum Gasteiger partial charge on any atom is 0.252 e. The van der Waals surface area contributed by atoms with Gasteiger partial charge in [0.15, 0.2) is 0 Å². The SMILES string of the molecule is CCCCCNC(=O)c1cc(F)cc(S(N)(=O)=O)c1Br. The Bertz CT molecular complexity index is 605. The van der Waals surface area contributed by atoms with Crippen molar-refractivity contribution < 1.29 is 17.6 Å². The molecule has 0 heterocycles. The molecule has 0 atom stereocenters. The van der Waals surface area contributed by atoms with Crippen LogP contribution >= 0.6 is 15.9 Å². The quantitative estimate of drug-likeness (QED) is 0.755. The van der Waals surface area contributed by atoms with Crippen molar-refractivity contribution in [2.75, 3.05) is 6.54 Å². The number of benzene rings is 1. The van der Waals surface area contributed by atoms with Crippen LogP contribution in [0.3, 0.4) is 0 Å². The Labute approximate surface area is 125 Å². The van der Waals surface area contributed by atoms with E-state index < -0.39 is 26.6 Å². The van der Waals surface area contributed by atoms with Gasteiger partial charge in [-0.1, -0.05) is 19.8 Å². The molecule has 0 bridgehead atoms. The van der Waals surface area contributed by atoms with E-state index in [-0.39, 0.29) is 10.0 Å². The van der Waals surface area contributed by atoms with Gasteiger partial charge in [-0.3, -0.25) is 4.79 Å². The minimum atomic E-state index is -4.11. The zero-order valence-corrected chi connectivity index (χ0v) is 13.4. The summed E-state index contributed by atoms with van der Waals surface area (Å²) >= 11 is 2.99. The second-order valence-electron chi connectivity index (χ2n) is 4.27. The standard InChI is InChI=1S/C12H16BrFN2O3S/c1-2-3-4-5-16-12(17)9-6-8(14)7-10(11(9)13)20(15,18)19/h6-7H,2-5H2,1H3,(H,16,17)(H2,15,18,19). The van der Waals surface area contributed by atoms with E-state index in [1.54, 1.807) is 0 Å². The Kier molecular flexibility index (Phi) is 6.09. The predicted octanol–water partition coefficient (Wildman–Crippen LogP) is 2.16. The van der Waals surface area contributed by atoms with Crippen LogP contribution in [0.4, 0.5) is 4.39 Å². The third kappa shape index (κ3) is 4.53. The Hall–Kier alpha value is -0.990. The van der Waals surface area contributed by atoms with Crippen molar-refractivity contribution in [3.05, 3.63) is 28.0 Å². The fourth-order valence-corrected chi connectivity index (χ4v) is 3.33. The van der Waals surface area contributed by atoms with Crippen LogP contribution in [0.5, 0.6) is 0 Å². The van der Waals surface area contributed by atoms with Gasteiger partial charge in [-0.05, 0) is 34.5 Å². The number of sulfonamides is 1. The lowest BCUT2D eigenvalue weighted by Crippen LogP contribution is -2.26. The molecule has 1 rings (SSSR count). The normalized spacial score (nSPS) is 11.4. The summed E-state index contributed by atoms with van der Waals surface area (Å²) in [5.74, 6) is -1.38. The van der Waals surface area contributed by atoms with Gasteiger partial charge in [0, 0.05) is 6.54 Å². The molecule has 112 valence electrons. The summed E-state index contributed by atoms with van der Waals surface area (Å²) < 4.78 is 36.0. The minimum absolute atomic E-state index is 0.0330. The van der Waals surface area contributed by atoms with Crippen molar-refractivity contribution >= 4 is 31.9 Å². The molecule has 8 heteroatoms. The van der Waals surface area contributed by atoms with E-state index in [0.717, 1.165) is 31.4 Å². The summed E-state index contributed by atoms with van der Waals surface area (Å²) in [4.78, 5) is 11.5. The molecule has 0 unspecified atom stereocenters. The summed E-state index contributed by atoms with van der Waals surface area (Å²) in [6.07, 6.45) is 2.78. The topological polar surface area (TPSA) is 89.3 Å². The molecule has 0 aliphatic rings. The van der Waals surface area contributed by atoms with Crippen LogP contribution in [-0.4, -0.2) is 20.9 Å². The van der Waals surface area contributed by atoms with E-state index in [1.807, 2.05) is 6.92 Å². The highest BCUT2D eigenvalue weighted by Crippen LogP contribution is 2.26. The third-order valence-corrected chi connectivity index (χ3v) is 4.67. The highest BCUT2D eigenvalue weighted by Gasteiger charge is 2.21. The van der Waals surface area contributed by atoms with Gasteiger partial charge in [0.25, 0.3) is 5.91 Å². The lowest BCUT2D eigenvalue weighted by atomic mass is 10.2. The molecule has 0 aliphatic heterocycles. The van der Waals surface area contributed by atoms with Crippen molar-refractivity contribution in [2.24, 2.45) is 5.14 Å². The van der Waals surface area contributed by atoms with Gasteiger partial charge >= 0.3 is 0 Å². The average Bonchev–Trinajstić information content (AvgIpc) is 2.35. The molecular formula is C12H16BrFN2O3S. The average molecular weight is 367 g/mol. The monoisotopic (exact) mass is 366 g/mol. The lowest BCUT2D eigenvalue weighted by molar-refractivity contribution is 0.0951. The van der Waals surface area contributed by atoms with Crippen LogP contribution in [-0.2, 0) is 10.0 Å². The number of carbonyl (C=O) groups is 1. The van der Waals surface area contributed by atoms with Gasteiger partial charge in [-0.25, -0.2) is 17.9 Å². The fourth-order valence-electron chi connectivity index (χ4n) is 1.61. The molecule has 1 aromatic carbocycles.